The highest BCUT2D eigenvalue weighted by molar-refractivity contribution is 7.88. The van der Waals surface area contributed by atoms with E-state index in [9.17, 15) is 8.42 Å². The van der Waals surface area contributed by atoms with Gasteiger partial charge < -0.3 is 4.74 Å². The molecule has 1 aliphatic heterocycles. The molecule has 2 atom stereocenters. The lowest BCUT2D eigenvalue weighted by Gasteiger charge is -2.20. The summed E-state index contributed by atoms with van der Waals surface area (Å²) in [6.07, 6.45) is 1.78. The topological polar surface area (TPSA) is 79.2 Å². The number of ether oxygens (including phenoxy) is 1. The zero-order chi connectivity index (χ0) is 14.6. The second kappa shape index (κ2) is 6.35. The van der Waals surface area contributed by atoms with Crippen molar-refractivity contribution < 1.29 is 13.2 Å². The molecule has 0 bridgehead atoms. The summed E-state index contributed by atoms with van der Waals surface area (Å²) in [7, 11) is -3.49. The number of nitrogens with one attached hydrogen (secondary N) is 1. The second-order valence-electron chi connectivity index (χ2n) is 4.99. The molecule has 1 aromatic rings. The van der Waals surface area contributed by atoms with Crippen LogP contribution >= 0.6 is 0 Å². The highest BCUT2D eigenvalue weighted by Crippen LogP contribution is 2.17. The van der Waals surface area contributed by atoms with Crippen LogP contribution in [0.3, 0.4) is 0 Å². The monoisotopic (exact) mass is 294 g/mol. The maximum atomic E-state index is 12.2. The van der Waals surface area contributed by atoms with E-state index in [1.165, 1.54) is 0 Å². The van der Waals surface area contributed by atoms with Crippen LogP contribution in [-0.4, -0.2) is 27.2 Å². The van der Waals surface area contributed by atoms with Crippen LogP contribution in [-0.2, 0) is 20.5 Å². The van der Waals surface area contributed by atoms with Crippen LogP contribution in [0.4, 0.5) is 0 Å². The molecule has 2 unspecified atom stereocenters. The van der Waals surface area contributed by atoms with Crippen molar-refractivity contribution in [1.82, 2.24) is 4.72 Å². The van der Waals surface area contributed by atoms with Gasteiger partial charge in [0.05, 0.1) is 23.5 Å². The molecule has 1 aromatic carbocycles. The van der Waals surface area contributed by atoms with E-state index in [0.29, 0.717) is 17.7 Å². The van der Waals surface area contributed by atoms with Crippen molar-refractivity contribution in [2.24, 2.45) is 0 Å². The van der Waals surface area contributed by atoms with Gasteiger partial charge in [-0.3, -0.25) is 0 Å². The third-order valence-corrected chi connectivity index (χ3v) is 4.79. The van der Waals surface area contributed by atoms with Crippen molar-refractivity contribution in [2.45, 2.75) is 37.7 Å². The third kappa shape index (κ3) is 3.79. The fourth-order valence-corrected chi connectivity index (χ4v) is 3.82. The highest BCUT2D eigenvalue weighted by Gasteiger charge is 2.26. The predicted octanol–water partition coefficient (Wildman–Crippen LogP) is 1.55. The zero-order valence-corrected chi connectivity index (χ0v) is 12.2. The summed E-state index contributed by atoms with van der Waals surface area (Å²) in [5.74, 6) is -0.187. The molecular weight excluding hydrogens is 276 g/mol. The van der Waals surface area contributed by atoms with Gasteiger partial charge in [-0.05, 0) is 31.4 Å². The fraction of sp³-hybridized carbons (Fsp3) is 0.500. The Hall–Kier alpha value is -1.42. The number of nitrogens with zero attached hydrogens (tertiary/aromatic N) is 1. The van der Waals surface area contributed by atoms with Crippen LogP contribution < -0.4 is 4.72 Å². The van der Waals surface area contributed by atoms with E-state index in [-0.39, 0.29) is 17.9 Å². The summed E-state index contributed by atoms with van der Waals surface area (Å²) in [4.78, 5) is 0. The summed E-state index contributed by atoms with van der Waals surface area (Å²) < 4.78 is 32.4. The van der Waals surface area contributed by atoms with Gasteiger partial charge in [0.25, 0.3) is 0 Å². The van der Waals surface area contributed by atoms with E-state index in [0.717, 1.165) is 12.8 Å². The minimum Gasteiger partial charge on any atom is -0.377 e. The zero-order valence-electron chi connectivity index (χ0n) is 11.4. The van der Waals surface area contributed by atoms with Crippen molar-refractivity contribution in [2.75, 3.05) is 6.61 Å². The van der Waals surface area contributed by atoms with E-state index >= 15 is 0 Å². The summed E-state index contributed by atoms with van der Waals surface area (Å²) >= 11 is 0. The smallest absolute Gasteiger partial charge is 0.216 e. The number of hydrogen-bond donors (Lipinski definition) is 1. The van der Waals surface area contributed by atoms with E-state index < -0.39 is 10.0 Å². The molecule has 1 N–H and O–H groups in total. The number of nitriles is 1. The molecule has 6 heteroatoms. The lowest BCUT2D eigenvalue weighted by atomic mass is 10.1. The van der Waals surface area contributed by atoms with E-state index in [2.05, 4.69) is 4.72 Å². The summed E-state index contributed by atoms with van der Waals surface area (Å²) in [6.45, 7) is 2.50. The first-order chi connectivity index (χ1) is 9.52. The van der Waals surface area contributed by atoms with Gasteiger partial charge in [0.1, 0.15) is 0 Å². The Morgan fingerprint density at radius 2 is 2.25 bits per heavy atom. The number of benzene rings is 1. The summed E-state index contributed by atoms with van der Waals surface area (Å²) in [5, 5.41) is 8.98. The van der Waals surface area contributed by atoms with Crippen LogP contribution in [0.25, 0.3) is 0 Å². The highest BCUT2D eigenvalue weighted by atomic mass is 32.2. The average Bonchev–Trinajstić information content (AvgIpc) is 2.92. The molecule has 2 rings (SSSR count). The van der Waals surface area contributed by atoms with Gasteiger partial charge in [0, 0.05) is 12.6 Å². The van der Waals surface area contributed by atoms with Crippen molar-refractivity contribution in [3.05, 3.63) is 35.4 Å². The maximum absolute atomic E-state index is 12.2. The Morgan fingerprint density at radius 1 is 1.50 bits per heavy atom. The van der Waals surface area contributed by atoms with Crippen LogP contribution in [0, 0.1) is 11.3 Å². The third-order valence-electron chi connectivity index (χ3n) is 3.37. The van der Waals surface area contributed by atoms with Gasteiger partial charge in [0.15, 0.2) is 0 Å². The minimum absolute atomic E-state index is 0.0593. The summed E-state index contributed by atoms with van der Waals surface area (Å²) in [6, 6.07) is 8.49. The van der Waals surface area contributed by atoms with Gasteiger partial charge in [-0.25, -0.2) is 13.1 Å². The van der Waals surface area contributed by atoms with Crippen molar-refractivity contribution in [1.29, 1.82) is 5.26 Å². The lowest BCUT2D eigenvalue weighted by Crippen LogP contribution is -2.41. The van der Waals surface area contributed by atoms with E-state index in [4.69, 9.17) is 10.00 Å². The second-order valence-corrected chi connectivity index (χ2v) is 6.74. The maximum Gasteiger partial charge on any atom is 0.216 e. The van der Waals surface area contributed by atoms with Crippen LogP contribution in [0.5, 0.6) is 0 Å². The Morgan fingerprint density at radius 3 is 2.90 bits per heavy atom. The SMILES string of the molecule is CC(NS(=O)(=O)Cc1ccccc1C#N)C1CCCO1. The predicted molar refractivity (Wildman–Crippen MR) is 75.4 cm³/mol. The minimum atomic E-state index is -3.49. The molecule has 0 radical (unpaired) electrons. The standard InChI is InChI=1S/C14H18N2O3S/c1-11(14-7-4-8-19-14)16-20(17,18)10-13-6-3-2-5-12(13)9-15/h2-3,5-6,11,14,16H,4,7-8,10H2,1H3. The van der Waals surface area contributed by atoms with Gasteiger partial charge in [-0.1, -0.05) is 18.2 Å². The van der Waals surface area contributed by atoms with Gasteiger partial charge in [0.2, 0.25) is 10.0 Å². The number of rotatable bonds is 5. The van der Waals surface area contributed by atoms with Crippen molar-refractivity contribution in [3.63, 3.8) is 0 Å². The molecule has 0 aromatic heterocycles. The van der Waals surface area contributed by atoms with Gasteiger partial charge in [-0.2, -0.15) is 5.26 Å². The Labute approximate surface area is 119 Å². The molecule has 1 fully saturated rings. The van der Waals surface area contributed by atoms with Crippen molar-refractivity contribution >= 4 is 10.0 Å². The van der Waals surface area contributed by atoms with Crippen LogP contribution in [0.1, 0.15) is 30.9 Å². The Balaban J connectivity index is 2.05. The molecule has 0 aliphatic carbocycles. The first kappa shape index (κ1) is 15.0. The fourth-order valence-electron chi connectivity index (χ4n) is 2.36. The molecule has 5 nitrogen and oxygen atoms in total. The average molecular weight is 294 g/mol. The molecule has 20 heavy (non-hydrogen) atoms. The molecule has 0 spiro atoms. The molecular formula is C14H18N2O3S. The first-order valence-corrected chi connectivity index (χ1v) is 8.26. The van der Waals surface area contributed by atoms with Gasteiger partial charge >= 0.3 is 0 Å². The quantitative estimate of drug-likeness (QED) is 0.893. The first-order valence-electron chi connectivity index (χ1n) is 6.61. The number of sulfonamides is 1. The van der Waals surface area contributed by atoms with Crippen molar-refractivity contribution in [3.8, 4) is 6.07 Å². The molecule has 1 aliphatic rings. The Bertz CT molecular complexity index is 601. The molecule has 0 saturated carbocycles. The van der Waals surface area contributed by atoms with E-state index in [1.807, 2.05) is 13.0 Å². The van der Waals surface area contributed by atoms with E-state index in [1.54, 1.807) is 24.3 Å². The normalized spacial score (nSPS) is 20.5. The molecule has 1 heterocycles. The van der Waals surface area contributed by atoms with Crippen LogP contribution in [0.15, 0.2) is 24.3 Å². The summed E-state index contributed by atoms with van der Waals surface area (Å²) in [5.41, 5.74) is 0.907. The lowest BCUT2D eigenvalue weighted by molar-refractivity contribution is 0.0902. The molecule has 1 saturated heterocycles. The largest absolute Gasteiger partial charge is 0.377 e. The number of hydrogen-bond acceptors (Lipinski definition) is 4. The Kier molecular flexibility index (Phi) is 4.76. The molecule has 108 valence electrons. The molecule has 0 amide bonds. The van der Waals surface area contributed by atoms with Gasteiger partial charge in [-0.15, -0.1) is 0 Å². The van der Waals surface area contributed by atoms with Crippen LogP contribution in [0.2, 0.25) is 0 Å².